The van der Waals surface area contributed by atoms with Crippen molar-refractivity contribution in [3.8, 4) is 0 Å². The van der Waals surface area contributed by atoms with Crippen LogP contribution in [0.15, 0.2) is 4.79 Å². The van der Waals surface area contributed by atoms with Crippen molar-refractivity contribution in [1.82, 2.24) is 15.2 Å². The van der Waals surface area contributed by atoms with Crippen LogP contribution in [0.25, 0.3) is 0 Å². The van der Waals surface area contributed by atoms with Gasteiger partial charge in [-0.15, -0.1) is 10.2 Å². The maximum Gasteiger partial charge on any atom is 0.273 e. The normalized spacial score (nSPS) is 11.4. The van der Waals surface area contributed by atoms with Gasteiger partial charge in [-0.2, -0.15) is 0 Å². The average molecular weight is 182 g/mol. The Hall–Kier alpha value is -1.39. The van der Waals surface area contributed by atoms with Gasteiger partial charge in [0.1, 0.15) is 5.69 Å². The average Bonchev–Trinajstić information content (AvgIpc) is 1.94. The van der Waals surface area contributed by atoms with Crippen molar-refractivity contribution in [2.24, 2.45) is 0 Å². The quantitative estimate of drug-likeness (QED) is 0.670. The molecule has 5 nitrogen and oxygen atoms in total. The van der Waals surface area contributed by atoms with E-state index >= 15 is 0 Å². The largest absolute Gasteiger partial charge is 0.350 e. The molecule has 72 valence electrons. The maximum absolute atomic E-state index is 11.1. The van der Waals surface area contributed by atoms with E-state index in [1.807, 2.05) is 20.8 Å². The monoisotopic (exact) mass is 182 g/mol. The first-order valence-electron chi connectivity index (χ1n) is 4.10. The van der Waals surface area contributed by atoms with Crippen molar-refractivity contribution in [2.45, 2.75) is 33.2 Å². The lowest BCUT2D eigenvalue weighted by Crippen LogP contribution is -2.29. The molecule has 0 aliphatic heterocycles. The van der Waals surface area contributed by atoms with Crippen LogP contribution < -0.4 is 10.9 Å². The number of hydrogen-bond acceptors (Lipinski definition) is 4. The molecule has 0 unspecified atom stereocenters. The van der Waals surface area contributed by atoms with Gasteiger partial charge in [-0.05, 0) is 27.7 Å². The zero-order chi connectivity index (χ0) is 10.1. The zero-order valence-electron chi connectivity index (χ0n) is 8.30. The van der Waals surface area contributed by atoms with Crippen LogP contribution in [0.1, 0.15) is 26.5 Å². The van der Waals surface area contributed by atoms with Crippen molar-refractivity contribution in [1.29, 1.82) is 0 Å². The molecule has 1 aromatic heterocycles. The fourth-order valence-electron chi connectivity index (χ4n) is 0.805. The minimum atomic E-state index is -0.207. The van der Waals surface area contributed by atoms with Gasteiger partial charge in [0.15, 0.2) is 0 Å². The third kappa shape index (κ3) is 2.85. The van der Waals surface area contributed by atoms with E-state index in [0.717, 1.165) is 0 Å². The van der Waals surface area contributed by atoms with Crippen molar-refractivity contribution in [3.05, 3.63) is 16.0 Å². The van der Waals surface area contributed by atoms with Gasteiger partial charge >= 0.3 is 0 Å². The second-order valence-corrected chi connectivity index (χ2v) is 3.96. The molecular formula is C8H14N4O. The molecule has 0 fully saturated rings. The molecule has 0 aromatic carbocycles. The summed E-state index contributed by atoms with van der Waals surface area (Å²) in [5.41, 5.74) is 0.0357. The molecule has 0 radical (unpaired) electrons. The Balaban J connectivity index is 2.93. The summed E-state index contributed by atoms with van der Waals surface area (Å²) in [4.78, 5) is 13.7. The fourth-order valence-corrected chi connectivity index (χ4v) is 0.805. The van der Waals surface area contributed by atoms with Gasteiger partial charge in [0.05, 0.1) is 0 Å². The van der Waals surface area contributed by atoms with Crippen LogP contribution >= 0.6 is 0 Å². The number of aromatic amines is 1. The SMILES string of the molecule is Cc1nnc(NC(C)(C)C)[nH]c1=O. The first kappa shape index (κ1) is 9.70. The molecule has 2 N–H and O–H groups in total. The summed E-state index contributed by atoms with van der Waals surface area (Å²) < 4.78 is 0. The second-order valence-electron chi connectivity index (χ2n) is 3.96. The topological polar surface area (TPSA) is 70.7 Å². The molecule has 0 bridgehead atoms. The van der Waals surface area contributed by atoms with E-state index in [-0.39, 0.29) is 11.1 Å². The van der Waals surface area contributed by atoms with E-state index in [0.29, 0.717) is 11.6 Å². The number of rotatable bonds is 1. The van der Waals surface area contributed by atoms with Gasteiger partial charge in [-0.1, -0.05) is 0 Å². The van der Waals surface area contributed by atoms with Crippen LogP contribution in [0, 0.1) is 6.92 Å². The maximum atomic E-state index is 11.1. The van der Waals surface area contributed by atoms with Crippen LogP contribution in [-0.4, -0.2) is 20.7 Å². The Morgan fingerprint density at radius 3 is 2.38 bits per heavy atom. The van der Waals surface area contributed by atoms with Crippen molar-refractivity contribution in [3.63, 3.8) is 0 Å². The lowest BCUT2D eigenvalue weighted by molar-refractivity contribution is 0.621. The first-order chi connectivity index (χ1) is 5.88. The smallest absolute Gasteiger partial charge is 0.273 e. The Bertz CT molecular complexity index is 350. The molecule has 1 aromatic rings. The Morgan fingerprint density at radius 2 is 1.92 bits per heavy atom. The third-order valence-corrected chi connectivity index (χ3v) is 1.35. The number of aromatic nitrogens is 3. The van der Waals surface area contributed by atoms with E-state index in [1.165, 1.54) is 0 Å². The first-order valence-corrected chi connectivity index (χ1v) is 4.10. The summed E-state index contributed by atoms with van der Waals surface area (Å²) in [5.74, 6) is 0.406. The predicted molar refractivity (Wildman–Crippen MR) is 50.8 cm³/mol. The molecule has 0 saturated carbocycles. The minimum absolute atomic E-state index is 0.132. The highest BCUT2D eigenvalue weighted by molar-refractivity contribution is 5.25. The summed E-state index contributed by atoms with van der Waals surface area (Å²) in [7, 11) is 0. The molecule has 5 heteroatoms. The Kier molecular flexibility index (Phi) is 2.36. The lowest BCUT2D eigenvalue weighted by Gasteiger charge is -2.19. The van der Waals surface area contributed by atoms with Crippen LogP contribution in [0.2, 0.25) is 0 Å². The number of aryl methyl sites for hydroxylation is 1. The highest BCUT2D eigenvalue weighted by Gasteiger charge is 2.11. The molecule has 0 amide bonds. The molecule has 0 aliphatic rings. The molecule has 13 heavy (non-hydrogen) atoms. The van der Waals surface area contributed by atoms with Crippen LogP contribution in [0.3, 0.4) is 0 Å². The second kappa shape index (κ2) is 3.16. The van der Waals surface area contributed by atoms with E-state index in [4.69, 9.17) is 0 Å². The Morgan fingerprint density at radius 1 is 1.31 bits per heavy atom. The van der Waals surface area contributed by atoms with Gasteiger partial charge in [0.2, 0.25) is 5.95 Å². The summed E-state index contributed by atoms with van der Waals surface area (Å²) in [6, 6.07) is 0. The van der Waals surface area contributed by atoms with Gasteiger partial charge in [0, 0.05) is 5.54 Å². The summed E-state index contributed by atoms with van der Waals surface area (Å²) in [6.07, 6.45) is 0. The Labute approximate surface area is 76.6 Å². The molecule has 1 heterocycles. The lowest BCUT2D eigenvalue weighted by atomic mass is 10.1. The van der Waals surface area contributed by atoms with E-state index in [1.54, 1.807) is 6.92 Å². The van der Waals surface area contributed by atoms with Crippen molar-refractivity contribution in [2.75, 3.05) is 5.32 Å². The number of anilines is 1. The van der Waals surface area contributed by atoms with Crippen molar-refractivity contribution >= 4 is 5.95 Å². The third-order valence-electron chi connectivity index (χ3n) is 1.35. The standard InChI is InChI=1S/C8H14N4O/c1-5-6(13)9-7(12-11-5)10-8(2,3)4/h1-4H3,(H2,9,10,12,13). The summed E-state index contributed by atoms with van der Waals surface area (Å²) in [5, 5.41) is 10.5. The number of H-pyrrole nitrogens is 1. The highest BCUT2D eigenvalue weighted by Crippen LogP contribution is 2.06. The molecule has 0 saturated heterocycles. The number of hydrogen-bond donors (Lipinski definition) is 2. The molecule has 0 aliphatic carbocycles. The molecule has 1 rings (SSSR count). The zero-order valence-corrected chi connectivity index (χ0v) is 8.30. The van der Waals surface area contributed by atoms with Gasteiger partial charge < -0.3 is 5.32 Å². The van der Waals surface area contributed by atoms with E-state index < -0.39 is 0 Å². The van der Waals surface area contributed by atoms with Crippen LogP contribution in [0.4, 0.5) is 5.95 Å². The van der Waals surface area contributed by atoms with Gasteiger partial charge in [-0.3, -0.25) is 9.78 Å². The minimum Gasteiger partial charge on any atom is -0.350 e. The van der Waals surface area contributed by atoms with E-state index in [9.17, 15) is 4.79 Å². The number of nitrogens with zero attached hydrogens (tertiary/aromatic N) is 2. The van der Waals surface area contributed by atoms with Crippen LogP contribution in [0.5, 0.6) is 0 Å². The summed E-state index contributed by atoms with van der Waals surface area (Å²) in [6.45, 7) is 7.55. The molecular weight excluding hydrogens is 168 g/mol. The fraction of sp³-hybridized carbons (Fsp3) is 0.625. The van der Waals surface area contributed by atoms with Crippen molar-refractivity contribution < 1.29 is 0 Å². The highest BCUT2D eigenvalue weighted by atomic mass is 16.1. The van der Waals surface area contributed by atoms with Gasteiger partial charge in [0.25, 0.3) is 5.56 Å². The van der Waals surface area contributed by atoms with Gasteiger partial charge in [-0.25, -0.2) is 0 Å². The molecule has 0 atom stereocenters. The predicted octanol–water partition coefficient (Wildman–Crippen LogP) is 0.684. The summed E-state index contributed by atoms with van der Waals surface area (Å²) >= 11 is 0. The molecule has 0 spiro atoms. The van der Waals surface area contributed by atoms with Crippen LogP contribution in [-0.2, 0) is 0 Å². The van der Waals surface area contributed by atoms with E-state index in [2.05, 4.69) is 20.5 Å². The number of nitrogens with one attached hydrogen (secondary N) is 2.